The first kappa shape index (κ1) is 15.4. The number of benzene rings is 2. The van der Waals surface area contributed by atoms with E-state index in [4.69, 9.17) is 16.3 Å². The van der Waals surface area contributed by atoms with E-state index in [9.17, 15) is 0 Å². The van der Waals surface area contributed by atoms with Crippen molar-refractivity contribution in [2.75, 3.05) is 6.61 Å². The zero-order valence-electron chi connectivity index (χ0n) is 11.6. The van der Waals surface area contributed by atoms with Crippen molar-refractivity contribution in [3.05, 3.63) is 64.1 Å². The second kappa shape index (κ2) is 7.14. The molecule has 0 spiro atoms. The summed E-state index contributed by atoms with van der Waals surface area (Å²) in [5, 5.41) is -0.0811. The fourth-order valence-electron chi connectivity index (χ4n) is 2.18. The Balaban J connectivity index is 2.22. The van der Waals surface area contributed by atoms with Crippen LogP contribution < -0.4 is 4.74 Å². The number of ether oxygens (including phenoxy) is 1. The molecule has 2 unspecified atom stereocenters. The van der Waals surface area contributed by atoms with Gasteiger partial charge in [0.15, 0.2) is 0 Å². The Morgan fingerprint density at radius 2 is 1.85 bits per heavy atom. The standard InChI is InChI=1S/C17H18BrClO/c1-3-20-14-9-10-15(16(18)11-14)17(19)12(2)13-7-5-4-6-8-13/h4-12,17H,3H2,1-2H3. The molecule has 106 valence electrons. The van der Waals surface area contributed by atoms with Crippen molar-refractivity contribution in [1.82, 2.24) is 0 Å². The van der Waals surface area contributed by atoms with E-state index in [1.165, 1.54) is 5.56 Å². The van der Waals surface area contributed by atoms with Gasteiger partial charge in [-0.05, 0) is 30.2 Å². The highest BCUT2D eigenvalue weighted by atomic mass is 79.9. The fraction of sp³-hybridized carbons (Fsp3) is 0.294. The third kappa shape index (κ3) is 3.56. The molecule has 0 heterocycles. The number of rotatable bonds is 5. The van der Waals surface area contributed by atoms with Crippen LogP contribution in [-0.4, -0.2) is 6.61 Å². The summed E-state index contributed by atoms with van der Waals surface area (Å²) in [6.45, 7) is 4.79. The lowest BCUT2D eigenvalue weighted by Crippen LogP contribution is -2.03. The summed E-state index contributed by atoms with van der Waals surface area (Å²) in [5.74, 6) is 1.10. The monoisotopic (exact) mass is 352 g/mol. The summed E-state index contributed by atoms with van der Waals surface area (Å²) >= 11 is 10.2. The van der Waals surface area contributed by atoms with Crippen molar-refractivity contribution in [3.8, 4) is 5.75 Å². The average Bonchev–Trinajstić information content (AvgIpc) is 2.47. The first-order chi connectivity index (χ1) is 9.63. The maximum atomic E-state index is 6.66. The van der Waals surface area contributed by atoms with Gasteiger partial charge in [0.2, 0.25) is 0 Å². The van der Waals surface area contributed by atoms with Crippen molar-refractivity contribution in [1.29, 1.82) is 0 Å². The van der Waals surface area contributed by atoms with Crippen LogP contribution >= 0.6 is 27.5 Å². The summed E-state index contributed by atoms with van der Waals surface area (Å²) in [5.41, 5.74) is 2.33. The Kier molecular flexibility index (Phi) is 5.50. The Bertz CT molecular complexity index is 556. The molecule has 1 nitrogen and oxygen atoms in total. The van der Waals surface area contributed by atoms with E-state index in [-0.39, 0.29) is 11.3 Å². The molecule has 3 heteroatoms. The molecule has 0 saturated carbocycles. The van der Waals surface area contributed by atoms with E-state index in [1.54, 1.807) is 0 Å². The van der Waals surface area contributed by atoms with Crippen molar-refractivity contribution in [2.24, 2.45) is 0 Å². The van der Waals surface area contributed by atoms with Gasteiger partial charge in [0.1, 0.15) is 5.75 Å². The predicted molar refractivity (Wildman–Crippen MR) is 88.8 cm³/mol. The second-order valence-electron chi connectivity index (χ2n) is 4.72. The predicted octanol–water partition coefficient (Wildman–Crippen LogP) is 5.93. The Labute approximate surface area is 134 Å². The van der Waals surface area contributed by atoms with E-state index in [2.05, 4.69) is 35.0 Å². The van der Waals surface area contributed by atoms with Crippen LogP contribution in [0, 0.1) is 0 Å². The molecule has 0 N–H and O–H groups in total. The lowest BCUT2D eigenvalue weighted by Gasteiger charge is -2.20. The molecule has 0 aromatic heterocycles. The molecule has 0 radical (unpaired) electrons. The Hall–Kier alpha value is -0.990. The molecular formula is C17H18BrClO. The normalized spacial score (nSPS) is 13.8. The summed E-state index contributed by atoms with van der Waals surface area (Å²) < 4.78 is 6.49. The maximum Gasteiger partial charge on any atom is 0.120 e. The van der Waals surface area contributed by atoms with Crippen LogP contribution in [-0.2, 0) is 0 Å². The molecule has 20 heavy (non-hydrogen) atoms. The SMILES string of the molecule is CCOc1ccc(C(Cl)C(C)c2ccccc2)c(Br)c1. The number of halogens is 2. The lowest BCUT2D eigenvalue weighted by molar-refractivity contribution is 0.340. The van der Waals surface area contributed by atoms with Crippen LogP contribution in [0.4, 0.5) is 0 Å². The summed E-state index contributed by atoms with van der Waals surface area (Å²) in [6, 6.07) is 16.3. The van der Waals surface area contributed by atoms with Crippen LogP contribution in [0.15, 0.2) is 53.0 Å². The minimum absolute atomic E-state index is 0.0811. The molecule has 0 aliphatic rings. The van der Waals surface area contributed by atoms with Gasteiger partial charge in [-0.15, -0.1) is 11.6 Å². The largest absolute Gasteiger partial charge is 0.494 e. The van der Waals surface area contributed by atoms with Gasteiger partial charge in [0.05, 0.1) is 12.0 Å². The van der Waals surface area contributed by atoms with Crippen molar-refractivity contribution in [2.45, 2.75) is 25.1 Å². The van der Waals surface area contributed by atoms with Gasteiger partial charge in [-0.3, -0.25) is 0 Å². The average molecular weight is 354 g/mol. The van der Waals surface area contributed by atoms with Gasteiger partial charge < -0.3 is 4.74 Å². The highest BCUT2D eigenvalue weighted by Crippen LogP contribution is 2.40. The zero-order valence-corrected chi connectivity index (χ0v) is 14.0. The van der Waals surface area contributed by atoms with Gasteiger partial charge in [-0.2, -0.15) is 0 Å². The molecule has 0 amide bonds. The van der Waals surface area contributed by atoms with E-state index >= 15 is 0 Å². The first-order valence-corrected chi connectivity index (χ1v) is 7.97. The van der Waals surface area contributed by atoms with Crippen molar-refractivity contribution >= 4 is 27.5 Å². The molecule has 0 bridgehead atoms. The third-order valence-corrected chi connectivity index (χ3v) is 4.64. The number of hydrogen-bond acceptors (Lipinski definition) is 1. The van der Waals surface area contributed by atoms with Gasteiger partial charge in [0.25, 0.3) is 0 Å². The van der Waals surface area contributed by atoms with E-state index in [0.717, 1.165) is 15.8 Å². The molecule has 2 rings (SSSR count). The topological polar surface area (TPSA) is 9.23 Å². The molecule has 0 aliphatic heterocycles. The van der Waals surface area contributed by atoms with Gasteiger partial charge in [0, 0.05) is 10.4 Å². The van der Waals surface area contributed by atoms with Crippen molar-refractivity contribution in [3.63, 3.8) is 0 Å². The smallest absolute Gasteiger partial charge is 0.120 e. The molecule has 0 aliphatic carbocycles. The third-order valence-electron chi connectivity index (χ3n) is 3.34. The van der Waals surface area contributed by atoms with Crippen LogP contribution in [0.5, 0.6) is 5.75 Å². The molecular weight excluding hydrogens is 336 g/mol. The quantitative estimate of drug-likeness (QED) is 0.605. The minimum Gasteiger partial charge on any atom is -0.494 e. The van der Waals surface area contributed by atoms with E-state index in [0.29, 0.717) is 6.61 Å². The molecule has 2 aromatic carbocycles. The minimum atomic E-state index is -0.0811. The second-order valence-corrected chi connectivity index (χ2v) is 6.04. The number of hydrogen-bond donors (Lipinski definition) is 0. The van der Waals surface area contributed by atoms with Crippen LogP contribution in [0.2, 0.25) is 0 Å². The Morgan fingerprint density at radius 3 is 2.45 bits per heavy atom. The van der Waals surface area contributed by atoms with E-state index < -0.39 is 0 Å². The van der Waals surface area contributed by atoms with Gasteiger partial charge in [-0.1, -0.05) is 59.3 Å². The van der Waals surface area contributed by atoms with Crippen LogP contribution in [0.3, 0.4) is 0 Å². The summed E-state index contributed by atoms with van der Waals surface area (Å²) in [6.07, 6.45) is 0. The van der Waals surface area contributed by atoms with Gasteiger partial charge in [-0.25, -0.2) is 0 Å². The van der Waals surface area contributed by atoms with Crippen LogP contribution in [0.25, 0.3) is 0 Å². The first-order valence-electron chi connectivity index (χ1n) is 6.74. The molecule has 0 fully saturated rings. The molecule has 0 saturated heterocycles. The highest BCUT2D eigenvalue weighted by molar-refractivity contribution is 9.10. The van der Waals surface area contributed by atoms with Gasteiger partial charge >= 0.3 is 0 Å². The van der Waals surface area contributed by atoms with Crippen molar-refractivity contribution < 1.29 is 4.74 Å². The van der Waals surface area contributed by atoms with E-state index in [1.807, 2.05) is 43.3 Å². The zero-order chi connectivity index (χ0) is 14.5. The lowest BCUT2D eigenvalue weighted by atomic mass is 9.93. The maximum absolute atomic E-state index is 6.66. The molecule has 2 atom stereocenters. The van der Waals surface area contributed by atoms with Crippen LogP contribution in [0.1, 0.15) is 36.3 Å². The highest BCUT2D eigenvalue weighted by Gasteiger charge is 2.20. The summed E-state index contributed by atoms with van der Waals surface area (Å²) in [7, 11) is 0. The fourth-order valence-corrected chi connectivity index (χ4v) is 3.25. The number of alkyl halides is 1. The molecule has 2 aromatic rings. The Morgan fingerprint density at radius 1 is 1.15 bits per heavy atom. The summed E-state index contributed by atoms with van der Waals surface area (Å²) in [4.78, 5) is 0.